The van der Waals surface area contributed by atoms with Crippen LogP contribution in [0.1, 0.15) is 34.1 Å². The predicted octanol–water partition coefficient (Wildman–Crippen LogP) is 1.99. The van der Waals surface area contributed by atoms with E-state index in [0.29, 0.717) is 23.4 Å². The molecule has 0 bridgehead atoms. The summed E-state index contributed by atoms with van der Waals surface area (Å²) in [5.41, 5.74) is 6.47. The Hall–Kier alpha value is -1.56. The SMILES string of the molecule is CC(C)Oc1ncnc(NCCCN(C)C(C)C)c1N. The quantitative estimate of drug-likeness (QED) is 0.710. The second-order valence-electron chi connectivity index (χ2n) is 5.46. The third-order valence-corrected chi connectivity index (χ3v) is 3.06. The van der Waals surface area contributed by atoms with Gasteiger partial charge in [-0.25, -0.2) is 4.98 Å². The Labute approximate surface area is 121 Å². The van der Waals surface area contributed by atoms with Gasteiger partial charge in [-0.1, -0.05) is 0 Å². The maximum atomic E-state index is 6.00. The Kier molecular flexibility index (Phi) is 6.51. The molecule has 0 aliphatic carbocycles. The molecule has 0 atom stereocenters. The molecule has 0 amide bonds. The van der Waals surface area contributed by atoms with Crippen LogP contribution in [-0.4, -0.2) is 47.2 Å². The summed E-state index contributed by atoms with van der Waals surface area (Å²) in [7, 11) is 2.12. The average Bonchev–Trinajstić information content (AvgIpc) is 2.37. The highest BCUT2D eigenvalue weighted by Gasteiger charge is 2.10. The van der Waals surface area contributed by atoms with Crippen LogP contribution in [0.3, 0.4) is 0 Å². The minimum absolute atomic E-state index is 0.0414. The van der Waals surface area contributed by atoms with E-state index in [2.05, 4.69) is 41.1 Å². The zero-order valence-electron chi connectivity index (χ0n) is 13.2. The van der Waals surface area contributed by atoms with Crippen molar-refractivity contribution >= 4 is 11.5 Å². The van der Waals surface area contributed by atoms with Crippen molar-refractivity contribution in [1.29, 1.82) is 0 Å². The molecule has 6 heteroatoms. The maximum absolute atomic E-state index is 6.00. The summed E-state index contributed by atoms with van der Waals surface area (Å²) in [5, 5.41) is 3.24. The topological polar surface area (TPSA) is 76.3 Å². The average molecular weight is 281 g/mol. The van der Waals surface area contributed by atoms with Crippen LogP contribution in [0.5, 0.6) is 5.88 Å². The first-order chi connectivity index (χ1) is 9.41. The van der Waals surface area contributed by atoms with Crippen molar-refractivity contribution in [3.8, 4) is 5.88 Å². The van der Waals surface area contributed by atoms with E-state index >= 15 is 0 Å². The van der Waals surface area contributed by atoms with E-state index in [1.807, 2.05) is 13.8 Å². The van der Waals surface area contributed by atoms with Gasteiger partial charge in [0.2, 0.25) is 5.88 Å². The summed E-state index contributed by atoms with van der Waals surface area (Å²) >= 11 is 0. The van der Waals surface area contributed by atoms with Crippen molar-refractivity contribution in [3.63, 3.8) is 0 Å². The molecular weight excluding hydrogens is 254 g/mol. The first kappa shape index (κ1) is 16.5. The molecule has 1 rings (SSSR count). The smallest absolute Gasteiger partial charge is 0.242 e. The van der Waals surface area contributed by atoms with Gasteiger partial charge in [0, 0.05) is 12.6 Å². The molecule has 6 nitrogen and oxygen atoms in total. The Balaban J connectivity index is 2.48. The highest BCUT2D eigenvalue weighted by molar-refractivity contribution is 5.66. The van der Waals surface area contributed by atoms with Gasteiger partial charge < -0.3 is 20.7 Å². The lowest BCUT2D eigenvalue weighted by Crippen LogP contribution is -2.28. The number of hydrogen-bond donors (Lipinski definition) is 2. The Bertz CT molecular complexity index is 409. The van der Waals surface area contributed by atoms with Crippen LogP contribution in [-0.2, 0) is 0 Å². The van der Waals surface area contributed by atoms with E-state index in [0.717, 1.165) is 19.5 Å². The summed E-state index contributed by atoms with van der Waals surface area (Å²) in [6.07, 6.45) is 2.54. The van der Waals surface area contributed by atoms with Crippen LogP contribution in [0.4, 0.5) is 11.5 Å². The lowest BCUT2D eigenvalue weighted by atomic mass is 10.3. The second-order valence-corrected chi connectivity index (χ2v) is 5.46. The molecule has 1 heterocycles. The van der Waals surface area contributed by atoms with E-state index in [9.17, 15) is 0 Å². The van der Waals surface area contributed by atoms with Crippen molar-refractivity contribution in [1.82, 2.24) is 14.9 Å². The summed E-state index contributed by atoms with van der Waals surface area (Å²) in [5.74, 6) is 1.08. The number of ether oxygens (including phenoxy) is 1. The minimum Gasteiger partial charge on any atom is -0.473 e. The van der Waals surface area contributed by atoms with Gasteiger partial charge in [0.1, 0.15) is 12.0 Å². The molecule has 0 aromatic carbocycles. The molecule has 0 saturated heterocycles. The Morgan fingerprint density at radius 2 is 2.00 bits per heavy atom. The third kappa shape index (κ3) is 5.21. The van der Waals surface area contributed by atoms with Crippen LogP contribution in [0.2, 0.25) is 0 Å². The fraction of sp³-hybridized carbons (Fsp3) is 0.714. The Morgan fingerprint density at radius 3 is 2.60 bits per heavy atom. The van der Waals surface area contributed by atoms with Crippen molar-refractivity contribution < 1.29 is 4.74 Å². The number of nitrogen functional groups attached to an aromatic ring is 1. The summed E-state index contributed by atoms with van der Waals surface area (Å²) in [6.45, 7) is 10.1. The molecular formula is C14H27N5O. The monoisotopic (exact) mass is 281 g/mol. The zero-order chi connectivity index (χ0) is 15.1. The molecule has 20 heavy (non-hydrogen) atoms. The van der Waals surface area contributed by atoms with Gasteiger partial charge in [-0.05, 0) is 47.7 Å². The lowest BCUT2D eigenvalue weighted by molar-refractivity contribution is 0.234. The molecule has 114 valence electrons. The molecule has 0 aliphatic rings. The van der Waals surface area contributed by atoms with E-state index in [1.165, 1.54) is 6.33 Å². The first-order valence-corrected chi connectivity index (χ1v) is 7.13. The van der Waals surface area contributed by atoms with Crippen LogP contribution < -0.4 is 15.8 Å². The molecule has 1 aromatic rings. The van der Waals surface area contributed by atoms with Crippen LogP contribution >= 0.6 is 0 Å². The van der Waals surface area contributed by atoms with Gasteiger partial charge in [0.05, 0.1) is 6.10 Å². The fourth-order valence-electron chi connectivity index (χ4n) is 1.63. The highest BCUT2D eigenvalue weighted by Crippen LogP contribution is 2.25. The zero-order valence-corrected chi connectivity index (χ0v) is 13.2. The molecule has 1 aromatic heterocycles. The van der Waals surface area contributed by atoms with Crippen LogP contribution in [0.15, 0.2) is 6.33 Å². The number of hydrogen-bond acceptors (Lipinski definition) is 6. The van der Waals surface area contributed by atoms with Gasteiger partial charge in [-0.3, -0.25) is 0 Å². The molecule has 0 radical (unpaired) electrons. The molecule has 0 spiro atoms. The first-order valence-electron chi connectivity index (χ1n) is 7.13. The van der Waals surface area contributed by atoms with E-state index in [4.69, 9.17) is 10.5 Å². The normalized spacial score (nSPS) is 11.4. The fourth-order valence-corrected chi connectivity index (χ4v) is 1.63. The molecule has 0 saturated carbocycles. The summed E-state index contributed by atoms with van der Waals surface area (Å²) in [6, 6.07) is 0.560. The van der Waals surface area contributed by atoms with Gasteiger partial charge in [0.15, 0.2) is 5.82 Å². The molecule has 0 unspecified atom stereocenters. The number of nitrogens with zero attached hydrogens (tertiary/aromatic N) is 3. The van der Waals surface area contributed by atoms with Crippen molar-refractivity contribution in [2.24, 2.45) is 0 Å². The van der Waals surface area contributed by atoms with Crippen LogP contribution in [0.25, 0.3) is 0 Å². The Morgan fingerprint density at radius 1 is 1.30 bits per heavy atom. The third-order valence-electron chi connectivity index (χ3n) is 3.06. The number of rotatable bonds is 8. The standard InChI is InChI=1S/C14H27N5O/c1-10(2)19(5)8-6-7-16-13-12(15)14(18-9-17-13)20-11(3)4/h9-11H,6-8,15H2,1-5H3,(H,16,17,18). The summed E-state index contributed by atoms with van der Waals surface area (Å²) in [4.78, 5) is 10.5. The summed E-state index contributed by atoms with van der Waals surface area (Å²) < 4.78 is 5.54. The van der Waals surface area contributed by atoms with Gasteiger partial charge in [0.25, 0.3) is 0 Å². The van der Waals surface area contributed by atoms with Gasteiger partial charge >= 0.3 is 0 Å². The molecule has 0 fully saturated rings. The van der Waals surface area contributed by atoms with E-state index < -0.39 is 0 Å². The largest absolute Gasteiger partial charge is 0.473 e. The maximum Gasteiger partial charge on any atom is 0.242 e. The van der Waals surface area contributed by atoms with Crippen LogP contribution in [0, 0.1) is 0 Å². The van der Waals surface area contributed by atoms with Gasteiger partial charge in [-0.2, -0.15) is 4.98 Å². The lowest BCUT2D eigenvalue weighted by Gasteiger charge is -2.21. The molecule has 3 N–H and O–H groups in total. The minimum atomic E-state index is 0.0414. The number of nitrogens with one attached hydrogen (secondary N) is 1. The number of nitrogens with two attached hydrogens (primary N) is 1. The van der Waals surface area contributed by atoms with E-state index in [1.54, 1.807) is 0 Å². The second kappa shape index (κ2) is 7.89. The molecule has 0 aliphatic heterocycles. The predicted molar refractivity (Wildman–Crippen MR) is 83.1 cm³/mol. The number of aromatic nitrogens is 2. The highest BCUT2D eigenvalue weighted by atomic mass is 16.5. The van der Waals surface area contributed by atoms with E-state index in [-0.39, 0.29) is 6.10 Å². The van der Waals surface area contributed by atoms with Gasteiger partial charge in [-0.15, -0.1) is 0 Å². The van der Waals surface area contributed by atoms with Crippen molar-refractivity contribution in [2.75, 3.05) is 31.2 Å². The van der Waals surface area contributed by atoms with Crippen molar-refractivity contribution in [3.05, 3.63) is 6.33 Å². The number of anilines is 2. The van der Waals surface area contributed by atoms with Crippen molar-refractivity contribution in [2.45, 2.75) is 46.3 Å².